The average Bonchev–Trinajstić information content (AvgIpc) is 2.01. The van der Waals surface area contributed by atoms with Crippen LogP contribution >= 0.6 is 22.6 Å². The zero-order valence-corrected chi connectivity index (χ0v) is 10.1. The summed E-state index contributed by atoms with van der Waals surface area (Å²) in [5, 5.41) is 8.81. The van der Waals surface area contributed by atoms with E-state index in [4.69, 9.17) is 9.84 Å². The third kappa shape index (κ3) is 3.17. The average molecular weight is 306 g/mol. The molecule has 0 aliphatic heterocycles. The first kappa shape index (κ1) is 11.3. The lowest BCUT2D eigenvalue weighted by atomic mass is 10.2. The zero-order valence-electron chi connectivity index (χ0n) is 7.95. The Morgan fingerprint density at radius 3 is 2.57 bits per heavy atom. The van der Waals surface area contributed by atoms with Crippen LogP contribution in [-0.2, 0) is 0 Å². The number of aromatic carboxylic acids is 1. The molecule has 0 amide bonds. The van der Waals surface area contributed by atoms with Gasteiger partial charge in [-0.3, -0.25) is 0 Å². The number of hydrogen-bond donors (Lipinski definition) is 1. The Kier molecular flexibility index (Phi) is 3.74. The Hall–Kier alpha value is -0.780. The maximum atomic E-state index is 10.7. The molecule has 0 unspecified atom stereocenters. The summed E-state index contributed by atoms with van der Waals surface area (Å²) >= 11 is 2.07. The molecule has 14 heavy (non-hydrogen) atoms. The van der Waals surface area contributed by atoms with Gasteiger partial charge in [-0.25, -0.2) is 4.79 Å². The molecule has 76 valence electrons. The SMILES string of the molecule is CC(C)Oc1cc(I)cc(C(=O)O)c1. The second-order valence-electron chi connectivity index (χ2n) is 3.15. The van der Waals surface area contributed by atoms with Gasteiger partial charge in [-0.05, 0) is 54.6 Å². The topological polar surface area (TPSA) is 46.5 Å². The Bertz CT molecular complexity index is 347. The molecule has 0 heterocycles. The molecule has 1 rings (SSSR count). The summed E-state index contributed by atoms with van der Waals surface area (Å²) < 4.78 is 6.28. The van der Waals surface area contributed by atoms with Gasteiger partial charge in [-0.1, -0.05) is 0 Å². The van der Waals surface area contributed by atoms with Gasteiger partial charge in [0.15, 0.2) is 0 Å². The first-order valence-electron chi connectivity index (χ1n) is 4.19. The van der Waals surface area contributed by atoms with Gasteiger partial charge < -0.3 is 9.84 Å². The standard InChI is InChI=1S/C10H11IO3/c1-6(2)14-9-4-7(10(12)13)3-8(11)5-9/h3-6H,1-2H3,(H,12,13). The number of carboxylic acid groups (broad SMARTS) is 1. The molecule has 0 fully saturated rings. The number of hydrogen-bond acceptors (Lipinski definition) is 2. The van der Waals surface area contributed by atoms with Crippen molar-refractivity contribution in [3.8, 4) is 5.75 Å². The lowest BCUT2D eigenvalue weighted by Crippen LogP contribution is -2.07. The van der Waals surface area contributed by atoms with Gasteiger partial charge in [0.25, 0.3) is 0 Å². The predicted octanol–water partition coefficient (Wildman–Crippen LogP) is 2.78. The van der Waals surface area contributed by atoms with Gasteiger partial charge in [-0.2, -0.15) is 0 Å². The van der Waals surface area contributed by atoms with E-state index in [0.717, 1.165) is 3.57 Å². The van der Waals surface area contributed by atoms with Gasteiger partial charge in [0, 0.05) is 3.57 Å². The summed E-state index contributed by atoms with van der Waals surface area (Å²) in [6, 6.07) is 4.95. The maximum Gasteiger partial charge on any atom is 0.335 e. The number of rotatable bonds is 3. The summed E-state index contributed by atoms with van der Waals surface area (Å²) in [5.74, 6) is -0.332. The molecule has 4 heteroatoms. The number of halogens is 1. The van der Waals surface area contributed by atoms with E-state index >= 15 is 0 Å². The van der Waals surface area contributed by atoms with Crippen molar-refractivity contribution in [3.05, 3.63) is 27.3 Å². The quantitative estimate of drug-likeness (QED) is 0.874. The fourth-order valence-electron chi connectivity index (χ4n) is 1.03. The highest BCUT2D eigenvalue weighted by molar-refractivity contribution is 14.1. The van der Waals surface area contributed by atoms with E-state index in [1.807, 2.05) is 19.9 Å². The highest BCUT2D eigenvalue weighted by Gasteiger charge is 2.07. The van der Waals surface area contributed by atoms with Crippen LogP contribution in [0.25, 0.3) is 0 Å². The maximum absolute atomic E-state index is 10.7. The van der Waals surface area contributed by atoms with E-state index in [0.29, 0.717) is 5.75 Å². The van der Waals surface area contributed by atoms with Crippen molar-refractivity contribution >= 4 is 28.6 Å². The van der Waals surface area contributed by atoms with Crippen LogP contribution in [0.15, 0.2) is 18.2 Å². The molecule has 1 aromatic carbocycles. The van der Waals surface area contributed by atoms with E-state index in [9.17, 15) is 4.79 Å². The van der Waals surface area contributed by atoms with Crippen LogP contribution in [0, 0.1) is 3.57 Å². The minimum absolute atomic E-state index is 0.0508. The highest BCUT2D eigenvalue weighted by atomic mass is 127. The second-order valence-corrected chi connectivity index (χ2v) is 4.39. The molecule has 0 atom stereocenters. The number of carbonyl (C=O) groups is 1. The van der Waals surface area contributed by atoms with Crippen molar-refractivity contribution in [1.82, 2.24) is 0 Å². The zero-order chi connectivity index (χ0) is 10.7. The molecule has 1 N–H and O–H groups in total. The molecule has 0 saturated heterocycles. The van der Waals surface area contributed by atoms with Gasteiger partial charge in [0.2, 0.25) is 0 Å². The van der Waals surface area contributed by atoms with E-state index in [-0.39, 0.29) is 11.7 Å². The van der Waals surface area contributed by atoms with Gasteiger partial charge in [0.1, 0.15) is 5.75 Å². The number of benzene rings is 1. The summed E-state index contributed by atoms with van der Waals surface area (Å²) in [5.41, 5.74) is 0.257. The molecule has 1 aromatic rings. The van der Waals surface area contributed by atoms with Crippen LogP contribution in [0.3, 0.4) is 0 Å². The van der Waals surface area contributed by atoms with Crippen LogP contribution in [0.1, 0.15) is 24.2 Å². The third-order valence-corrected chi connectivity index (χ3v) is 2.11. The lowest BCUT2D eigenvalue weighted by Gasteiger charge is -2.10. The predicted molar refractivity (Wildman–Crippen MR) is 61.9 cm³/mol. The Labute approximate surface area is 96.2 Å². The minimum Gasteiger partial charge on any atom is -0.491 e. The van der Waals surface area contributed by atoms with Crippen LogP contribution < -0.4 is 4.74 Å². The molecule has 0 aliphatic rings. The van der Waals surface area contributed by atoms with E-state index < -0.39 is 5.97 Å². The van der Waals surface area contributed by atoms with Crippen LogP contribution in [0.2, 0.25) is 0 Å². The normalized spacial score (nSPS) is 10.3. The summed E-state index contributed by atoms with van der Waals surface area (Å²) in [7, 11) is 0. The van der Waals surface area contributed by atoms with Crippen molar-refractivity contribution in [2.45, 2.75) is 20.0 Å². The molecule has 0 aromatic heterocycles. The summed E-state index contributed by atoms with van der Waals surface area (Å²) in [6.07, 6.45) is 0.0508. The molecule has 0 spiro atoms. The molecule has 3 nitrogen and oxygen atoms in total. The van der Waals surface area contributed by atoms with E-state index in [1.54, 1.807) is 6.07 Å². The van der Waals surface area contributed by atoms with Crippen LogP contribution in [-0.4, -0.2) is 17.2 Å². The number of ether oxygens (including phenoxy) is 1. The van der Waals surface area contributed by atoms with E-state index in [2.05, 4.69) is 22.6 Å². The van der Waals surface area contributed by atoms with Crippen molar-refractivity contribution < 1.29 is 14.6 Å². The molecule has 0 aliphatic carbocycles. The Balaban J connectivity index is 3.01. The fourth-order valence-corrected chi connectivity index (χ4v) is 1.67. The summed E-state index contributed by atoms with van der Waals surface area (Å²) in [6.45, 7) is 3.81. The van der Waals surface area contributed by atoms with Crippen molar-refractivity contribution in [3.63, 3.8) is 0 Å². The van der Waals surface area contributed by atoms with Gasteiger partial charge in [-0.15, -0.1) is 0 Å². The smallest absolute Gasteiger partial charge is 0.335 e. The van der Waals surface area contributed by atoms with Crippen LogP contribution in [0.5, 0.6) is 5.75 Å². The fraction of sp³-hybridized carbons (Fsp3) is 0.300. The van der Waals surface area contributed by atoms with Crippen molar-refractivity contribution in [2.24, 2.45) is 0 Å². The molecular weight excluding hydrogens is 295 g/mol. The highest BCUT2D eigenvalue weighted by Crippen LogP contribution is 2.19. The molecular formula is C10H11IO3. The van der Waals surface area contributed by atoms with Gasteiger partial charge >= 0.3 is 5.97 Å². The Morgan fingerprint density at radius 2 is 2.07 bits per heavy atom. The first-order chi connectivity index (χ1) is 6.49. The molecule has 0 radical (unpaired) electrons. The Morgan fingerprint density at radius 1 is 1.43 bits per heavy atom. The minimum atomic E-state index is -0.933. The summed E-state index contributed by atoms with van der Waals surface area (Å²) in [4.78, 5) is 10.7. The molecule has 0 saturated carbocycles. The number of carboxylic acids is 1. The first-order valence-corrected chi connectivity index (χ1v) is 5.27. The third-order valence-electron chi connectivity index (χ3n) is 1.49. The largest absolute Gasteiger partial charge is 0.491 e. The lowest BCUT2D eigenvalue weighted by molar-refractivity contribution is 0.0696. The van der Waals surface area contributed by atoms with Crippen LogP contribution in [0.4, 0.5) is 0 Å². The second kappa shape index (κ2) is 4.63. The van der Waals surface area contributed by atoms with E-state index in [1.165, 1.54) is 6.07 Å². The monoisotopic (exact) mass is 306 g/mol. The van der Waals surface area contributed by atoms with Crippen molar-refractivity contribution in [2.75, 3.05) is 0 Å². The van der Waals surface area contributed by atoms with Crippen molar-refractivity contribution in [1.29, 1.82) is 0 Å². The molecule has 0 bridgehead atoms. The van der Waals surface area contributed by atoms with Gasteiger partial charge in [0.05, 0.1) is 11.7 Å².